The predicted octanol–water partition coefficient (Wildman–Crippen LogP) is 5.41. The number of phenols is 1. The fraction of sp³-hybridized carbons (Fsp3) is 0.0857. The molecule has 11 heteroatoms. The van der Waals surface area contributed by atoms with E-state index in [1.54, 1.807) is 30.3 Å². The normalized spacial score (nSPS) is 10.8. The van der Waals surface area contributed by atoms with Crippen molar-refractivity contribution in [1.29, 1.82) is 0 Å². The lowest BCUT2D eigenvalue weighted by atomic mass is 10.1. The molecule has 1 heterocycles. The van der Waals surface area contributed by atoms with Gasteiger partial charge in [0, 0.05) is 19.3 Å². The monoisotopic (exact) mass is 621 g/mol. The van der Waals surface area contributed by atoms with Crippen molar-refractivity contribution in [2.45, 2.75) is 13.3 Å². The number of allylic oxidation sites excluding steroid dienone is 2. The Morgan fingerprint density at radius 3 is 2.02 bits per heavy atom. The highest BCUT2D eigenvalue weighted by molar-refractivity contribution is 6.11. The molecular weight excluding hydrogens is 594 g/mol. The van der Waals surface area contributed by atoms with Crippen molar-refractivity contribution in [3.8, 4) is 28.7 Å². The number of methoxy groups -OCH3 is 1. The van der Waals surface area contributed by atoms with E-state index in [1.165, 1.54) is 93.2 Å². The minimum absolute atomic E-state index is 0.0147. The zero-order valence-corrected chi connectivity index (χ0v) is 24.7. The number of ether oxygens (including phenoxy) is 4. The van der Waals surface area contributed by atoms with Crippen molar-refractivity contribution in [1.82, 2.24) is 4.98 Å². The average molecular weight is 622 g/mol. The van der Waals surface area contributed by atoms with Crippen molar-refractivity contribution in [2.24, 2.45) is 0 Å². The van der Waals surface area contributed by atoms with Crippen molar-refractivity contribution in [2.75, 3.05) is 7.11 Å². The highest BCUT2D eigenvalue weighted by Gasteiger charge is 2.20. The summed E-state index contributed by atoms with van der Waals surface area (Å²) in [5.74, 6) is -3.35. The highest BCUT2D eigenvalue weighted by atomic mass is 16.6. The molecule has 1 aromatic heterocycles. The topological polar surface area (TPSA) is 155 Å². The number of esters is 3. The van der Waals surface area contributed by atoms with Crippen LogP contribution in [0.25, 0.3) is 12.2 Å². The third kappa shape index (κ3) is 9.07. The van der Waals surface area contributed by atoms with Crippen LogP contribution in [0.3, 0.4) is 0 Å². The maximum Gasteiger partial charge on any atom is 0.347 e. The highest BCUT2D eigenvalue weighted by Crippen LogP contribution is 2.32. The second kappa shape index (κ2) is 15.4. The molecule has 1 N–H and O–H groups in total. The van der Waals surface area contributed by atoms with Crippen LogP contribution in [0, 0.1) is 0 Å². The SMILES string of the molecule is COc1cc(/C=C/C(=O)CC(=O)/C=C/c2ccc(OC(=O)c3ccccc3OC(C)=O)c(OC(=O)c3cccnc3)c2)ccc1O. The second-order valence-electron chi connectivity index (χ2n) is 9.52. The van der Waals surface area contributed by atoms with Crippen LogP contribution in [-0.4, -0.2) is 46.7 Å². The number of hydrogen-bond donors (Lipinski definition) is 1. The summed E-state index contributed by atoms with van der Waals surface area (Å²) in [5, 5.41) is 9.70. The molecule has 4 aromatic rings. The first-order valence-corrected chi connectivity index (χ1v) is 13.7. The third-order valence-electron chi connectivity index (χ3n) is 6.11. The van der Waals surface area contributed by atoms with E-state index < -0.39 is 35.9 Å². The number of carbonyl (C=O) groups is 5. The molecule has 11 nitrogen and oxygen atoms in total. The van der Waals surface area contributed by atoms with Gasteiger partial charge in [0.25, 0.3) is 0 Å². The molecule has 0 bridgehead atoms. The Balaban J connectivity index is 1.51. The molecule has 232 valence electrons. The van der Waals surface area contributed by atoms with Gasteiger partial charge in [-0.05, 0) is 71.8 Å². The van der Waals surface area contributed by atoms with Gasteiger partial charge in [0.2, 0.25) is 0 Å². The van der Waals surface area contributed by atoms with Crippen molar-refractivity contribution >= 4 is 41.6 Å². The van der Waals surface area contributed by atoms with Crippen molar-refractivity contribution in [3.63, 3.8) is 0 Å². The van der Waals surface area contributed by atoms with E-state index in [0.717, 1.165) is 0 Å². The molecule has 3 aromatic carbocycles. The van der Waals surface area contributed by atoms with Crippen LogP contribution >= 0.6 is 0 Å². The van der Waals surface area contributed by atoms with Gasteiger partial charge in [-0.3, -0.25) is 19.4 Å². The fourth-order valence-corrected chi connectivity index (χ4v) is 3.93. The molecule has 46 heavy (non-hydrogen) atoms. The Bertz CT molecular complexity index is 1840. The number of nitrogens with zero attached hydrogens (tertiary/aromatic N) is 1. The molecule has 0 amide bonds. The molecule has 0 saturated heterocycles. The molecule has 0 radical (unpaired) electrons. The number of rotatable bonds is 12. The quantitative estimate of drug-likeness (QED) is 0.0933. The van der Waals surface area contributed by atoms with Crippen LogP contribution in [0.4, 0.5) is 0 Å². The van der Waals surface area contributed by atoms with Crippen LogP contribution in [-0.2, 0) is 14.4 Å². The largest absolute Gasteiger partial charge is 0.504 e. The summed E-state index contributed by atoms with van der Waals surface area (Å²) in [6.07, 6.45) is 7.71. The lowest BCUT2D eigenvalue weighted by Crippen LogP contribution is -2.14. The molecule has 0 fully saturated rings. The Hall–Kier alpha value is -6.36. The lowest BCUT2D eigenvalue weighted by molar-refractivity contribution is -0.132. The van der Waals surface area contributed by atoms with Crippen LogP contribution in [0.15, 0.2) is 97.3 Å². The van der Waals surface area contributed by atoms with Crippen LogP contribution in [0.2, 0.25) is 0 Å². The minimum Gasteiger partial charge on any atom is -0.504 e. The minimum atomic E-state index is -0.883. The van der Waals surface area contributed by atoms with Gasteiger partial charge in [0.15, 0.2) is 34.6 Å². The van der Waals surface area contributed by atoms with E-state index in [-0.39, 0.29) is 39.9 Å². The van der Waals surface area contributed by atoms with Gasteiger partial charge >= 0.3 is 17.9 Å². The number of phenolic OH excluding ortho intramolecular Hbond substituents is 1. The molecule has 0 spiro atoms. The van der Waals surface area contributed by atoms with Crippen molar-refractivity contribution < 1.29 is 48.0 Å². The zero-order valence-electron chi connectivity index (χ0n) is 24.7. The van der Waals surface area contributed by atoms with Crippen LogP contribution in [0.1, 0.15) is 45.2 Å². The Labute approximate surface area is 263 Å². The molecule has 0 aliphatic heterocycles. The summed E-state index contributed by atoms with van der Waals surface area (Å²) < 4.78 is 21.2. The van der Waals surface area contributed by atoms with Crippen LogP contribution in [0.5, 0.6) is 28.7 Å². The molecule has 0 aliphatic rings. The smallest absolute Gasteiger partial charge is 0.347 e. The number of aromatic hydroxyl groups is 1. The average Bonchev–Trinajstić information content (AvgIpc) is 3.04. The fourth-order valence-electron chi connectivity index (χ4n) is 3.93. The van der Waals surface area contributed by atoms with Gasteiger partial charge in [0.05, 0.1) is 19.1 Å². The first-order valence-electron chi connectivity index (χ1n) is 13.7. The van der Waals surface area contributed by atoms with Gasteiger partial charge in [-0.15, -0.1) is 0 Å². The number of aromatic nitrogens is 1. The summed E-state index contributed by atoms with van der Waals surface area (Å²) in [7, 11) is 1.40. The Morgan fingerprint density at radius 2 is 1.37 bits per heavy atom. The third-order valence-corrected chi connectivity index (χ3v) is 6.11. The van der Waals surface area contributed by atoms with E-state index in [4.69, 9.17) is 18.9 Å². The first kappa shape index (κ1) is 32.6. The molecule has 0 unspecified atom stereocenters. The van der Waals surface area contributed by atoms with Gasteiger partial charge < -0.3 is 24.1 Å². The lowest BCUT2D eigenvalue weighted by Gasteiger charge is -2.13. The van der Waals surface area contributed by atoms with Gasteiger partial charge in [-0.25, -0.2) is 9.59 Å². The number of carbonyl (C=O) groups excluding carboxylic acids is 5. The Morgan fingerprint density at radius 1 is 0.717 bits per heavy atom. The van der Waals surface area contributed by atoms with Gasteiger partial charge in [0.1, 0.15) is 11.3 Å². The first-order chi connectivity index (χ1) is 22.1. The van der Waals surface area contributed by atoms with E-state index in [9.17, 15) is 29.1 Å². The summed E-state index contributed by atoms with van der Waals surface area (Å²) >= 11 is 0. The molecule has 0 aliphatic carbocycles. The van der Waals surface area contributed by atoms with E-state index >= 15 is 0 Å². The van der Waals surface area contributed by atoms with Crippen molar-refractivity contribution in [3.05, 3.63) is 120 Å². The summed E-state index contributed by atoms with van der Waals surface area (Å²) in [4.78, 5) is 66.1. The van der Waals surface area contributed by atoms with Gasteiger partial charge in [-0.2, -0.15) is 0 Å². The summed E-state index contributed by atoms with van der Waals surface area (Å²) in [6, 6.07) is 17.8. The molecule has 0 atom stereocenters. The van der Waals surface area contributed by atoms with E-state index in [1.807, 2.05) is 0 Å². The van der Waals surface area contributed by atoms with Gasteiger partial charge in [-0.1, -0.05) is 36.4 Å². The predicted molar refractivity (Wildman–Crippen MR) is 166 cm³/mol. The second-order valence-corrected chi connectivity index (χ2v) is 9.52. The maximum atomic E-state index is 13.0. The summed E-state index contributed by atoms with van der Waals surface area (Å²) in [5.41, 5.74) is 1.07. The Kier molecular flexibility index (Phi) is 10.9. The number of para-hydroxylation sites is 1. The maximum absolute atomic E-state index is 13.0. The zero-order chi connectivity index (χ0) is 33.1. The number of pyridine rings is 1. The number of benzene rings is 3. The van der Waals surface area contributed by atoms with E-state index in [0.29, 0.717) is 11.1 Å². The number of hydrogen-bond acceptors (Lipinski definition) is 11. The molecular formula is C35H27NO10. The summed E-state index contributed by atoms with van der Waals surface area (Å²) in [6.45, 7) is 1.19. The molecule has 0 saturated carbocycles. The standard InChI is InChI=1S/C35H27NO10/c1-22(37)44-30-8-4-3-7-28(30)35(42)45-31-16-12-24(19-33(31)46-34(41)25-6-5-17-36-21-25)10-14-27(39)20-26(38)13-9-23-11-15-29(40)32(18-23)43-2/h3-19,21,40H,20H2,1-2H3/b13-9+,14-10+. The number of ketones is 2. The molecule has 4 rings (SSSR count). The van der Waals surface area contributed by atoms with Crippen LogP contribution < -0.4 is 18.9 Å². The van der Waals surface area contributed by atoms with E-state index in [2.05, 4.69) is 4.98 Å².